The van der Waals surface area contributed by atoms with Gasteiger partial charge in [-0.25, -0.2) is 4.39 Å². The van der Waals surface area contributed by atoms with Crippen LogP contribution in [-0.4, -0.2) is 11.5 Å². The highest BCUT2D eigenvalue weighted by molar-refractivity contribution is 6.42. The van der Waals surface area contributed by atoms with Gasteiger partial charge in [0.1, 0.15) is 5.82 Å². The van der Waals surface area contributed by atoms with E-state index in [0.717, 1.165) is 5.56 Å². The molecule has 0 fully saturated rings. The number of carbonyl (C=O) groups is 1. The lowest BCUT2D eigenvalue weighted by molar-refractivity contribution is -0.111. The van der Waals surface area contributed by atoms with Crippen molar-refractivity contribution >= 4 is 17.6 Å². The van der Waals surface area contributed by atoms with Gasteiger partial charge in [-0.05, 0) is 30.7 Å². The minimum Gasteiger partial charge on any atom is -0.297 e. The number of carbonyl (C=O) groups excluding carboxylic acids is 1. The van der Waals surface area contributed by atoms with Crippen LogP contribution < -0.4 is 0 Å². The summed E-state index contributed by atoms with van der Waals surface area (Å²) < 4.78 is 13.3. The molecule has 1 aromatic carbocycles. The molecule has 0 saturated carbocycles. The first-order valence-corrected chi connectivity index (χ1v) is 4.54. The van der Waals surface area contributed by atoms with E-state index in [1.165, 1.54) is 25.1 Å². The molecule has 0 bridgehead atoms. The first-order chi connectivity index (χ1) is 7.00. The first kappa shape index (κ1) is 11.3. The summed E-state index contributed by atoms with van der Waals surface area (Å²) in [5.41, 5.74) is 1.09. The third kappa shape index (κ3) is 3.13. The fourth-order valence-electron chi connectivity index (χ4n) is 1.06. The third-order valence-corrected chi connectivity index (χ3v) is 1.96. The number of hydrogen-bond donors (Lipinski definition) is 1. The molecule has 0 atom stereocenters. The van der Waals surface area contributed by atoms with Gasteiger partial charge in [-0.15, -0.1) is 0 Å². The summed E-state index contributed by atoms with van der Waals surface area (Å²) in [5, 5.41) is 7.25. The largest absolute Gasteiger partial charge is 0.297 e. The van der Waals surface area contributed by atoms with E-state index in [1.54, 1.807) is 19.1 Å². The van der Waals surface area contributed by atoms with Crippen LogP contribution in [0.15, 0.2) is 24.3 Å². The van der Waals surface area contributed by atoms with E-state index in [4.69, 9.17) is 5.41 Å². The summed E-state index contributed by atoms with van der Waals surface area (Å²) in [6, 6.07) is 4.81. The van der Waals surface area contributed by atoms with Crippen molar-refractivity contribution in [2.45, 2.75) is 13.8 Å². The highest BCUT2D eigenvalue weighted by Crippen LogP contribution is 2.11. The van der Waals surface area contributed by atoms with Crippen LogP contribution >= 0.6 is 0 Å². The molecule has 0 aliphatic rings. The lowest BCUT2D eigenvalue weighted by Gasteiger charge is -1.98. The molecule has 0 radical (unpaired) electrons. The number of nitrogens with one attached hydrogen (secondary N) is 1. The van der Waals surface area contributed by atoms with E-state index < -0.39 is 0 Å². The number of aryl methyl sites for hydroxylation is 1. The fourth-order valence-corrected chi connectivity index (χ4v) is 1.06. The van der Waals surface area contributed by atoms with E-state index in [2.05, 4.69) is 0 Å². The molecule has 0 spiro atoms. The lowest BCUT2D eigenvalue weighted by atomic mass is 10.1. The van der Waals surface area contributed by atoms with Crippen molar-refractivity contribution in [3.8, 4) is 0 Å². The number of hydrogen-bond acceptors (Lipinski definition) is 2. The summed E-state index contributed by atoms with van der Waals surface area (Å²) in [7, 11) is 0. The zero-order chi connectivity index (χ0) is 11.4. The Kier molecular flexibility index (Phi) is 3.50. The van der Waals surface area contributed by atoms with Crippen molar-refractivity contribution in [3.63, 3.8) is 0 Å². The zero-order valence-corrected chi connectivity index (χ0v) is 8.67. The molecule has 0 aliphatic carbocycles. The maximum Gasteiger partial charge on any atom is 0.177 e. The van der Waals surface area contributed by atoms with Gasteiger partial charge in [0.2, 0.25) is 0 Å². The maximum absolute atomic E-state index is 13.3. The van der Waals surface area contributed by atoms with Gasteiger partial charge >= 0.3 is 0 Å². The fraction of sp³-hybridized carbons (Fsp3) is 0.167. The van der Waals surface area contributed by atoms with Gasteiger partial charge in [-0.2, -0.15) is 0 Å². The van der Waals surface area contributed by atoms with Gasteiger partial charge in [-0.3, -0.25) is 10.2 Å². The molecular formula is C12H12FNO. The van der Waals surface area contributed by atoms with Crippen molar-refractivity contribution in [1.82, 2.24) is 0 Å². The summed E-state index contributed by atoms with van der Waals surface area (Å²) in [5.74, 6) is -0.679. The highest BCUT2D eigenvalue weighted by Gasteiger charge is 2.00. The topological polar surface area (TPSA) is 40.9 Å². The Morgan fingerprint density at radius 1 is 1.47 bits per heavy atom. The SMILES string of the molecule is CC(=O)C(=N)C=Cc1ccc(C)cc1F. The van der Waals surface area contributed by atoms with Crippen LogP contribution in [0, 0.1) is 18.2 Å². The Hall–Kier alpha value is -1.77. The molecule has 0 aliphatic heterocycles. The number of Topliss-reactive ketones (excluding diaryl/α,β-unsaturated/α-hetero) is 1. The lowest BCUT2D eigenvalue weighted by Crippen LogP contribution is -2.03. The van der Waals surface area contributed by atoms with Crippen LogP contribution in [0.5, 0.6) is 0 Å². The van der Waals surface area contributed by atoms with Crippen molar-refractivity contribution < 1.29 is 9.18 Å². The Morgan fingerprint density at radius 2 is 2.13 bits per heavy atom. The van der Waals surface area contributed by atoms with Crippen LogP contribution in [0.3, 0.4) is 0 Å². The average molecular weight is 205 g/mol. The molecule has 1 aromatic rings. The number of allylic oxidation sites excluding steroid dienone is 1. The Balaban J connectivity index is 2.90. The van der Waals surface area contributed by atoms with E-state index >= 15 is 0 Å². The van der Waals surface area contributed by atoms with E-state index in [1.807, 2.05) is 0 Å². The molecule has 0 unspecified atom stereocenters. The summed E-state index contributed by atoms with van der Waals surface area (Å²) >= 11 is 0. The summed E-state index contributed by atoms with van der Waals surface area (Å²) in [6.45, 7) is 3.10. The monoisotopic (exact) mass is 205 g/mol. The number of benzene rings is 1. The van der Waals surface area contributed by atoms with Crippen LogP contribution in [0.25, 0.3) is 6.08 Å². The van der Waals surface area contributed by atoms with Crippen LogP contribution in [0.2, 0.25) is 0 Å². The van der Waals surface area contributed by atoms with Crippen LogP contribution in [0.4, 0.5) is 4.39 Å². The zero-order valence-electron chi connectivity index (χ0n) is 8.67. The van der Waals surface area contributed by atoms with Crippen molar-refractivity contribution in [2.24, 2.45) is 0 Å². The van der Waals surface area contributed by atoms with Crippen LogP contribution in [0.1, 0.15) is 18.1 Å². The molecule has 0 heterocycles. The molecular weight excluding hydrogens is 193 g/mol. The molecule has 2 nitrogen and oxygen atoms in total. The Bertz CT molecular complexity index is 435. The quantitative estimate of drug-likeness (QED) is 0.757. The second kappa shape index (κ2) is 4.64. The minimum atomic E-state index is -0.345. The van der Waals surface area contributed by atoms with Crippen molar-refractivity contribution in [3.05, 3.63) is 41.2 Å². The smallest absolute Gasteiger partial charge is 0.177 e. The maximum atomic E-state index is 13.3. The van der Waals surface area contributed by atoms with Gasteiger partial charge < -0.3 is 0 Å². The number of ketones is 1. The van der Waals surface area contributed by atoms with E-state index in [0.29, 0.717) is 5.56 Å². The predicted molar refractivity (Wildman–Crippen MR) is 58.6 cm³/mol. The summed E-state index contributed by atoms with van der Waals surface area (Å²) in [6.07, 6.45) is 2.73. The summed E-state index contributed by atoms with van der Waals surface area (Å²) in [4.78, 5) is 10.7. The normalized spacial score (nSPS) is 10.6. The molecule has 15 heavy (non-hydrogen) atoms. The molecule has 0 saturated heterocycles. The minimum absolute atomic E-state index is 0.130. The van der Waals surface area contributed by atoms with Gasteiger partial charge in [0, 0.05) is 12.5 Å². The second-order valence-corrected chi connectivity index (χ2v) is 3.33. The Morgan fingerprint density at radius 3 is 2.67 bits per heavy atom. The van der Waals surface area contributed by atoms with Gasteiger partial charge in [0.25, 0.3) is 0 Å². The van der Waals surface area contributed by atoms with E-state index in [9.17, 15) is 9.18 Å². The van der Waals surface area contributed by atoms with Crippen molar-refractivity contribution in [2.75, 3.05) is 0 Å². The molecule has 0 aromatic heterocycles. The molecule has 1 rings (SSSR count). The van der Waals surface area contributed by atoms with Gasteiger partial charge in [0.05, 0.1) is 5.71 Å². The number of halogens is 1. The van der Waals surface area contributed by atoms with Gasteiger partial charge in [-0.1, -0.05) is 12.1 Å². The molecule has 78 valence electrons. The highest BCUT2D eigenvalue weighted by atomic mass is 19.1. The van der Waals surface area contributed by atoms with E-state index in [-0.39, 0.29) is 17.3 Å². The second-order valence-electron chi connectivity index (χ2n) is 3.33. The first-order valence-electron chi connectivity index (χ1n) is 4.54. The Labute approximate surface area is 87.9 Å². The average Bonchev–Trinajstić information content (AvgIpc) is 2.15. The van der Waals surface area contributed by atoms with Crippen molar-refractivity contribution in [1.29, 1.82) is 5.41 Å². The van der Waals surface area contributed by atoms with Crippen LogP contribution in [-0.2, 0) is 4.79 Å². The molecule has 1 N–H and O–H groups in total. The molecule has 0 amide bonds. The number of rotatable bonds is 3. The molecule has 3 heteroatoms. The predicted octanol–water partition coefficient (Wildman–Crippen LogP) is 2.76. The van der Waals surface area contributed by atoms with Gasteiger partial charge in [0.15, 0.2) is 5.78 Å². The standard InChI is InChI=1S/C12H12FNO/c1-8-3-4-10(11(13)7-8)5-6-12(14)9(2)15/h3-7,14H,1-2H3. The third-order valence-electron chi connectivity index (χ3n) is 1.96.